The van der Waals surface area contributed by atoms with Crippen LogP contribution in [0.1, 0.15) is 39.5 Å². The van der Waals surface area contributed by atoms with Gasteiger partial charge >= 0.3 is 5.97 Å². The number of hydrogen-bond donors (Lipinski definition) is 2. The van der Waals surface area contributed by atoms with Crippen LogP contribution in [0, 0.1) is 5.41 Å². The summed E-state index contributed by atoms with van der Waals surface area (Å²) in [4.78, 5) is 13.4. The van der Waals surface area contributed by atoms with Crippen molar-refractivity contribution in [2.45, 2.75) is 57.7 Å². The Balaban J connectivity index is 1.92. The molecule has 4 nitrogen and oxygen atoms in total. The lowest BCUT2D eigenvalue weighted by atomic mass is 9.90. The van der Waals surface area contributed by atoms with Crippen molar-refractivity contribution >= 4 is 5.97 Å². The van der Waals surface area contributed by atoms with Crippen LogP contribution >= 0.6 is 0 Å². The monoisotopic (exact) mass is 240 g/mol. The summed E-state index contributed by atoms with van der Waals surface area (Å²) in [6.45, 7) is 4.25. The molecule has 2 bridgehead atoms. The zero-order valence-corrected chi connectivity index (χ0v) is 11.1. The molecule has 2 saturated heterocycles. The van der Waals surface area contributed by atoms with Crippen molar-refractivity contribution in [1.29, 1.82) is 0 Å². The molecule has 0 amide bonds. The van der Waals surface area contributed by atoms with Crippen LogP contribution in [0.2, 0.25) is 0 Å². The fourth-order valence-electron chi connectivity index (χ4n) is 3.21. The summed E-state index contributed by atoms with van der Waals surface area (Å²) in [6.07, 6.45) is 4.92. The van der Waals surface area contributed by atoms with E-state index in [1.165, 1.54) is 25.7 Å². The molecule has 2 rings (SSSR count). The van der Waals surface area contributed by atoms with Gasteiger partial charge < -0.3 is 15.3 Å². The highest BCUT2D eigenvalue weighted by molar-refractivity contribution is 5.73. The van der Waals surface area contributed by atoms with E-state index < -0.39 is 11.4 Å². The van der Waals surface area contributed by atoms with E-state index in [4.69, 9.17) is 5.11 Å². The zero-order chi connectivity index (χ0) is 12.6. The average molecular weight is 240 g/mol. The van der Waals surface area contributed by atoms with Gasteiger partial charge in [-0.15, -0.1) is 0 Å². The molecule has 0 spiro atoms. The number of aliphatic carboxylic acids is 1. The summed E-state index contributed by atoms with van der Waals surface area (Å²) >= 11 is 0. The molecule has 0 aromatic rings. The van der Waals surface area contributed by atoms with Gasteiger partial charge in [0.1, 0.15) is 0 Å². The normalized spacial score (nSPS) is 33.1. The summed E-state index contributed by atoms with van der Waals surface area (Å²) < 4.78 is 0. The third-order valence-corrected chi connectivity index (χ3v) is 4.30. The van der Waals surface area contributed by atoms with Gasteiger partial charge in [-0.25, -0.2) is 0 Å². The molecule has 2 atom stereocenters. The Hall–Kier alpha value is -0.610. The number of fused-ring (bicyclic) bond motifs is 2. The Bertz CT molecular complexity index is 292. The summed E-state index contributed by atoms with van der Waals surface area (Å²) in [5, 5.41) is 12.8. The third-order valence-electron chi connectivity index (χ3n) is 4.30. The van der Waals surface area contributed by atoms with Gasteiger partial charge in [0.25, 0.3) is 0 Å². The molecule has 4 heteroatoms. The number of rotatable bonds is 4. The van der Waals surface area contributed by atoms with E-state index in [1.807, 2.05) is 13.8 Å². The Morgan fingerprint density at radius 1 is 1.35 bits per heavy atom. The average Bonchev–Trinajstić information content (AvgIpc) is 2.56. The van der Waals surface area contributed by atoms with Crippen LogP contribution in [-0.4, -0.2) is 47.7 Å². The number of piperidine rings is 1. The van der Waals surface area contributed by atoms with E-state index in [2.05, 4.69) is 17.3 Å². The predicted octanol–water partition coefficient (Wildman–Crippen LogP) is 1.31. The second kappa shape index (κ2) is 4.58. The summed E-state index contributed by atoms with van der Waals surface area (Å²) in [5.41, 5.74) is -0.654. The number of nitrogens with one attached hydrogen (secondary N) is 1. The highest BCUT2D eigenvalue weighted by Crippen LogP contribution is 2.30. The van der Waals surface area contributed by atoms with Crippen molar-refractivity contribution in [3.8, 4) is 0 Å². The van der Waals surface area contributed by atoms with Gasteiger partial charge in [-0.05, 0) is 46.6 Å². The fraction of sp³-hybridized carbons (Fsp3) is 0.923. The Labute approximate surface area is 103 Å². The number of nitrogens with zero attached hydrogens (tertiary/aromatic N) is 1. The van der Waals surface area contributed by atoms with Crippen LogP contribution in [-0.2, 0) is 4.79 Å². The molecule has 0 aromatic carbocycles. The van der Waals surface area contributed by atoms with Gasteiger partial charge in [-0.1, -0.05) is 0 Å². The van der Waals surface area contributed by atoms with Gasteiger partial charge in [0.2, 0.25) is 0 Å². The molecule has 17 heavy (non-hydrogen) atoms. The largest absolute Gasteiger partial charge is 0.481 e. The number of carboxylic acid groups (broad SMARTS) is 1. The summed E-state index contributed by atoms with van der Waals surface area (Å²) in [5.74, 6) is -0.707. The van der Waals surface area contributed by atoms with Crippen LogP contribution < -0.4 is 5.32 Å². The van der Waals surface area contributed by atoms with Gasteiger partial charge in [0, 0.05) is 24.7 Å². The predicted molar refractivity (Wildman–Crippen MR) is 67.0 cm³/mol. The van der Waals surface area contributed by atoms with Crippen molar-refractivity contribution in [3.63, 3.8) is 0 Å². The smallest absolute Gasteiger partial charge is 0.310 e. The van der Waals surface area contributed by atoms with Crippen molar-refractivity contribution in [2.24, 2.45) is 5.41 Å². The van der Waals surface area contributed by atoms with Crippen molar-refractivity contribution in [2.75, 3.05) is 13.6 Å². The molecule has 2 aliphatic rings. The lowest BCUT2D eigenvalue weighted by molar-refractivity contribution is -0.148. The first-order chi connectivity index (χ1) is 7.88. The highest BCUT2D eigenvalue weighted by Gasteiger charge is 2.37. The van der Waals surface area contributed by atoms with E-state index in [-0.39, 0.29) is 0 Å². The van der Waals surface area contributed by atoms with Gasteiger partial charge in [0.05, 0.1) is 5.41 Å². The summed E-state index contributed by atoms with van der Waals surface area (Å²) in [6, 6.07) is 1.87. The summed E-state index contributed by atoms with van der Waals surface area (Å²) in [7, 11) is 2.07. The number of carboxylic acids is 1. The maximum Gasteiger partial charge on any atom is 0.310 e. The minimum absolute atomic E-state index is 0.548. The minimum Gasteiger partial charge on any atom is -0.481 e. The van der Waals surface area contributed by atoms with Crippen LogP contribution in [0.3, 0.4) is 0 Å². The zero-order valence-electron chi connectivity index (χ0n) is 11.1. The van der Waals surface area contributed by atoms with E-state index >= 15 is 0 Å². The second-order valence-corrected chi connectivity index (χ2v) is 6.37. The van der Waals surface area contributed by atoms with Gasteiger partial charge in [-0.3, -0.25) is 4.79 Å². The SMILES string of the molecule is CN(CC(C)(C)C(=O)O)C1CC2CCC(C1)N2. The van der Waals surface area contributed by atoms with E-state index in [9.17, 15) is 4.79 Å². The maximum absolute atomic E-state index is 11.1. The van der Waals surface area contributed by atoms with E-state index in [1.54, 1.807) is 0 Å². The third kappa shape index (κ3) is 2.80. The molecule has 2 unspecified atom stereocenters. The standard InChI is InChI=1S/C13H24N2O2/c1-13(2,12(16)17)8-15(3)11-6-9-4-5-10(7-11)14-9/h9-11,14H,4-8H2,1-3H3,(H,16,17). The molecule has 0 saturated carbocycles. The molecular weight excluding hydrogens is 216 g/mol. The first-order valence-corrected chi connectivity index (χ1v) is 6.58. The first-order valence-electron chi connectivity index (χ1n) is 6.58. The fourth-order valence-corrected chi connectivity index (χ4v) is 3.21. The number of carbonyl (C=O) groups is 1. The van der Waals surface area contributed by atoms with Crippen LogP contribution in [0.4, 0.5) is 0 Å². The van der Waals surface area contributed by atoms with Crippen molar-refractivity contribution in [3.05, 3.63) is 0 Å². The highest BCUT2D eigenvalue weighted by atomic mass is 16.4. The molecule has 2 heterocycles. The lowest BCUT2D eigenvalue weighted by Crippen LogP contribution is -2.50. The lowest BCUT2D eigenvalue weighted by Gasteiger charge is -2.38. The molecule has 2 N–H and O–H groups in total. The quantitative estimate of drug-likeness (QED) is 0.778. The van der Waals surface area contributed by atoms with Crippen molar-refractivity contribution in [1.82, 2.24) is 10.2 Å². The molecular formula is C13H24N2O2. The van der Waals surface area contributed by atoms with Gasteiger partial charge in [0.15, 0.2) is 0 Å². The molecule has 0 radical (unpaired) electrons. The van der Waals surface area contributed by atoms with Crippen molar-refractivity contribution < 1.29 is 9.90 Å². The van der Waals surface area contributed by atoms with Gasteiger partial charge in [-0.2, -0.15) is 0 Å². The van der Waals surface area contributed by atoms with Crippen LogP contribution in [0.5, 0.6) is 0 Å². The van der Waals surface area contributed by atoms with E-state index in [0.717, 1.165) is 0 Å². The molecule has 2 aliphatic heterocycles. The Morgan fingerprint density at radius 3 is 2.35 bits per heavy atom. The molecule has 2 fully saturated rings. The molecule has 98 valence electrons. The second-order valence-electron chi connectivity index (χ2n) is 6.37. The van der Waals surface area contributed by atoms with Crippen LogP contribution in [0.15, 0.2) is 0 Å². The first kappa shape index (κ1) is 12.8. The Kier molecular flexibility index (Phi) is 3.46. The molecule has 0 aliphatic carbocycles. The van der Waals surface area contributed by atoms with Crippen LogP contribution in [0.25, 0.3) is 0 Å². The minimum atomic E-state index is -0.707. The topological polar surface area (TPSA) is 52.6 Å². The maximum atomic E-state index is 11.1. The molecule has 0 aromatic heterocycles. The number of hydrogen-bond acceptors (Lipinski definition) is 3. The van der Waals surface area contributed by atoms with E-state index in [0.29, 0.717) is 24.7 Å². The Morgan fingerprint density at radius 2 is 1.88 bits per heavy atom.